The number of quaternary nitrogens is 1. The summed E-state index contributed by atoms with van der Waals surface area (Å²) in [4.78, 5) is 35.4. The summed E-state index contributed by atoms with van der Waals surface area (Å²) in [6.45, 7) is 4.50. The molecule has 0 aliphatic heterocycles. The maximum atomic E-state index is 12.6. The zero-order valence-corrected chi connectivity index (χ0v) is 38.1. The van der Waals surface area contributed by atoms with Crippen LogP contribution in [0, 0.1) is 11.8 Å². The van der Waals surface area contributed by atoms with Gasteiger partial charge in [0.25, 0.3) is 0 Å². The lowest BCUT2D eigenvalue weighted by Gasteiger charge is -2.24. The van der Waals surface area contributed by atoms with Gasteiger partial charge in [-0.3, -0.25) is 18.6 Å². The molecule has 0 aromatic rings. The molecule has 0 amide bonds. The van der Waals surface area contributed by atoms with Crippen LogP contribution in [0.1, 0.15) is 168 Å². The molecular formula is C46H85NO10P+. The Balaban J connectivity index is 2.46. The van der Waals surface area contributed by atoms with Crippen molar-refractivity contribution in [1.29, 1.82) is 0 Å². The van der Waals surface area contributed by atoms with E-state index in [1.165, 1.54) is 77.0 Å². The van der Waals surface area contributed by atoms with Crippen LogP contribution in [-0.4, -0.2) is 97.2 Å². The molecule has 1 saturated carbocycles. The number of hydrogen-bond acceptors (Lipinski definition) is 9. The number of Topliss-reactive ketones (excluding diaryl/α,β-unsaturated/α-hetero) is 1. The molecule has 1 unspecified atom stereocenters. The van der Waals surface area contributed by atoms with E-state index in [9.17, 15) is 29.3 Å². The summed E-state index contributed by atoms with van der Waals surface area (Å²) < 4.78 is 34.7. The van der Waals surface area contributed by atoms with Crippen molar-refractivity contribution in [1.82, 2.24) is 0 Å². The van der Waals surface area contributed by atoms with E-state index in [-0.39, 0.29) is 50.3 Å². The van der Waals surface area contributed by atoms with Crippen LogP contribution in [0.3, 0.4) is 0 Å². The predicted molar refractivity (Wildman–Crippen MR) is 234 cm³/mol. The molecule has 6 atom stereocenters. The Kier molecular flexibility index (Phi) is 31.6. The quantitative estimate of drug-likeness (QED) is 0.0137. The maximum Gasteiger partial charge on any atom is 0.472 e. The Morgan fingerprint density at radius 3 is 2.02 bits per heavy atom. The number of esters is 1. The number of aliphatic hydroxyl groups is 2. The highest BCUT2D eigenvalue weighted by Crippen LogP contribution is 2.43. The number of nitrogens with zero attached hydrogens (tertiary/aromatic N) is 1. The number of hydrogen-bond donors (Lipinski definition) is 3. The molecule has 1 aliphatic rings. The van der Waals surface area contributed by atoms with Gasteiger partial charge >= 0.3 is 13.8 Å². The van der Waals surface area contributed by atoms with Crippen molar-refractivity contribution in [3.8, 4) is 0 Å². The molecule has 0 saturated heterocycles. The lowest BCUT2D eigenvalue weighted by atomic mass is 9.90. The van der Waals surface area contributed by atoms with Crippen molar-refractivity contribution in [2.45, 2.75) is 186 Å². The molecule has 0 heterocycles. The highest BCUT2D eigenvalue weighted by molar-refractivity contribution is 7.47. The van der Waals surface area contributed by atoms with E-state index in [0.29, 0.717) is 36.7 Å². The summed E-state index contributed by atoms with van der Waals surface area (Å²) >= 11 is 0. The Hall–Kier alpha value is -1.85. The summed E-state index contributed by atoms with van der Waals surface area (Å²) in [5.74, 6) is -1.05. The van der Waals surface area contributed by atoms with E-state index in [1.807, 2.05) is 39.4 Å². The number of likely N-dealkylation sites (N-methyl/N-ethyl adjacent to an activating group) is 1. The summed E-state index contributed by atoms with van der Waals surface area (Å²) in [5.41, 5.74) is 0. The molecule has 0 aromatic carbocycles. The van der Waals surface area contributed by atoms with Crippen LogP contribution in [0.15, 0.2) is 36.6 Å². The van der Waals surface area contributed by atoms with Crippen molar-refractivity contribution >= 4 is 19.6 Å². The zero-order chi connectivity index (χ0) is 42.9. The van der Waals surface area contributed by atoms with E-state index >= 15 is 0 Å². The van der Waals surface area contributed by atoms with Gasteiger partial charge in [-0.25, -0.2) is 4.57 Å². The van der Waals surface area contributed by atoms with Crippen LogP contribution in [0.2, 0.25) is 0 Å². The van der Waals surface area contributed by atoms with Gasteiger partial charge in [-0.2, -0.15) is 0 Å². The summed E-state index contributed by atoms with van der Waals surface area (Å²) in [7, 11) is 1.53. The fourth-order valence-electron chi connectivity index (χ4n) is 6.93. The normalized spacial score (nSPS) is 19.7. The Bertz CT molecular complexity index is 1190. The molecule has 11 nitrogen and oxygen atoms in total. The average Bonchev–Trinajstić information content (AvgIpc) is 3.44. The Morgan fingerprint density at radius 1 is 0.810 bits per heavy atom. The molecular weight excluding hydrogens is 757 g/mol. The Labute approximate surface area is 353 Å². The zero-order valence-electron chi connectivity index (χ0n) is 37.2. The van der Waals surface area contributed by atoms with Crippen LogP contribution in [0.4, 0.5) is 0 Å². The molecule has 1 fully saturated rings. The molecule has 1 aliphatic carbocycles. The molecule has 58 heavy (non-hydrogen) atoms. The van der Waals surface area contributed by atoms with Crippen LogP contribution in [0.25, 0.3) is 0 Å². The second kappa shape index (κ2) is 33.8. The van der Waals surface area contributed by atoms with Crippen LogP contribution < -0.4 is 0 Å². The number of ketones is 1. The van der Waals surface area contributed by atoms with E-state index < -0.39 is 32.1 Å². The molecule has 0 spiro atoms. The first-order valence-electron chi connectivity index (χ1n) is 22.9. The SMILES string of the molecule is CCCCCCCCCCCCCCCC/C=C\O[C@H](COC(=O)CCC/C=C\C[C@H]1C(=O)C[C@@H](O)[C@@H]1/C=C/[C@@H](O)CCCCC)COP(=O)(O)OCC[N+](C)(C)C. The second-order valence-corrected chi connectivity index (χ2v) is 18.7. The van der Waals surface area contributed by atoms with Gasteiger partial charge < -0.3 is 29.1 Å². The van der Waals surface area contributed by atoms with Crippen molar-refractivity contribution < 1.29 is 52.3 Å². The summed E-state index contributed by atoms with van der Waals surface area (Å²) in [6, 6.07) is 0. The number of phosphoric acid groups is 1. The molecule has 3 N–H and O–H groups in total. The highest BCUT2D eigenvalue weighted by atomic mass is 31.2. The van der Waals surface area contributed by atoms with Crippen molar-refractivity contribution in [2.24, 2.45) is 11.8 Å². The van der Waals surface area contributed by atoms with E-state index in [1.54, 1.807) is 18.4 Å². The number of phosphoric ester groups is 1. The topological polar surface area (TPSA) is 149 Å². The minimum absolute atomic E-state index is 0.0227. The lowest BCUT2D eigenvalue weighted by Crippen LogP contribution is -2.37. The smallest absolute Gasteiger partial charge is 0.472 e. The standard InChI is InChI=1S/C46H84NO10P/c1-6-8-10-11-12-13-14-15-16-17-18-19-20-21-24-28-35-54-41(39-57-58(52,53)56-36-34-47(3,4)5)38-55-46(51)31-27-23-22-26-30-42-43(45(50)37-44(42)49)33-32-40(48)29-25-9-7-2/h22,26,28,32-33,35,40-43,45,48,50H,6-21,23-25,27,29-31,34,36-39H2,1-5H3/p+1/b26-22-,33-32+,35-28-/t40-,41+,42+,43+,45+/m0/s1. The number of rotatable bonds is 38. The molecule has 0 radical (unpaired) electrons. The first-order chi connectivity index (χ1) is 27.8. The van der Waals surface area contributed by atoms with Gasteiger partial charge in [-0.15, -0.1) is 0 Å². The minimum Gasteiger partial charge on any atom is -0.492 e. The maximum absolute atomic E-state index is 12.6. The van der Waals surface area contributed by atoms with Gasteiger partial charge in [0, 0.05) is 24.7 Å². The summed E-state index contributed by atoms with van der Waals surface area (Å²) in [5, 5.41) is 20.7. The molecule has 1 rings (SSSR count). The lowest BCUT2D eigenvalue weighted by molar-refractivity contribution is -0.870. The average molecular weight is 843 g/mol. The van der Waals surface area contributed by atoms with Gasteiger partial charge in [-0.05, 0) is 44.6 Å². The van der Waals surface area contributed by atoms with Gasteiger partial charge in [-0.1, -0.05) is 141 Å². The third-order valence-electron chi connectivity index (χ3n) is 10.7. The third kappa shape index (κ3) is 30.2. The van der Waals surface area contributed by atoms with Crippen LogP contribution in [0.5, 0.6) is 0 Å². The van der Waals surface area contributed by atoms with Crippen molar-refractivity contribution in [2.75, 3.05) is 47.5 Å². The Morgan fingerprint density at radius 2 is 1.40 bits per heavy atom. The van der Waals surface area contributed by atoms with Gasteiger partial charge in [0.05, 0.1) is 46.2 Å². The number of carbonyl (C=O) groups is 2. The number of allylic oxidation sites excluding steroid dienone is 3. The van der Waals surface area contributed by atoms with Crippen LogP contribution in [-0.2, 0) is 32.7 Å². The van der Waals surface area contributed by atoms with E-state index in [2.05, 4.69) is 13.8 Å². The number of ether oxygens (including phenoxy) is 2. The minimum atomic E-state index is -4.33. The number of unbranched alkanes of at least 4 members (excludes halogenated alkanes) is 17. The van der Waals surface area contributed by atoms with E-state index in [0.717, 1.165) is 38.5 Å². The molecule has 338 valence electrons. The largest absolute Gasteiger partial charge is 0.492 e. The second-order valence-electron chi connectivity index (χ2n) is 17.3. The monoisotopic (exact) mass is 843 g/mol. The third-order valence-corrected chi connectivity index (χ3v) is 11.6. The molecule has 0 aromatic heterocycles. The summed E-state index contributed by atoms with van der Waals surface area (Å²) in [6.07, 6.45) is 33.5. The highest BCUT2D eigenvalue weighted by Gasteiger charge is 2.39. The molecule has 12 heteroatoms. The van der Waals surface area contributed by atoms with E-state index in [4.69, 9.17) is 18.5 Å². The van der Waals surface area contributed by atoms with Gasteiger partial charge in [0.2, 0.25) is 0 Å². The fourth-order valence-corrected chi connectivity index (χ4v) is 7.67. The van der Waals surface area contributed by atoms with Crippen LogP contribution >= 0.6 is 7.82 Å². The number of aliphatic hydroxyl groups excluding tert-OH is 2. The fraction of sp³-hybridized carbons (Fsp3) is 0.826. The first-order valence-corrected chi connectivity index (χ1v) is 24.4. The van der Waals surface area contributed by atoms with Gasteiger partial charge in [0.15, 0.2) is 6.10 Å². The number of carbonyl (C=O) groups excluding carboxylic acids is 2. The molecule has 0 bridgehead atoms. The predicted octanol–water partition coefficient (Wildman–Crippen LogP) is 10.3. The van der Waals surface area contributed by atoms with Crippen molar-refractivity contribution in [3.05, 3.63) is 36.6 Å². The first kappa shape index (κ1) is 54.2. The van der Waals surface area contributed by atoms with Gasteiger partial charge in [0.1, 0.15) is 25.5 Å². The van der Waals surface area contributed by atoms with Crippen molar-refractivity contribution in [3.63, 3.8) is 0 Å².